The lowest BCUT2D eigenvalue weighted by molar-refractivity contribution is -0.147. The highest BCUT2D eigenvalue weighted by Gasteiger charge is 2.50. The predicted molar refractivity (Wildman–Crippen MR) is 85.1 cm³/mol. The highest BCUT2D eigenvalue weighted by molar-refractivity contribution is 7.10. The Morgan fingerprint density at radius 2 is 2.00 bits per heavy atom. The van der Waals surface area contributed by atoms with Crippen molar-refractivity contribution >= 4 is 29.2 Å². The van der Waals surface area contributed by atoms with E-state index in [0.717, 1.165) is 30.6 Å². The lowest BCUT2D eigenvalue weighted by atomic mass is 9.81. The fraction of sp³-hybridized carbons (Fsp3) is 0.562. The van der Waals surface area contributed by atoms with Gasteiger partial charge in [-0.3, -0.25) is 14.5 Å². The monoisotopic (exact) mass is 333 g/mol. The van der Waals surface area contributed by atoms with Gasteiger partial charge < -0.3 is 10.2 Å². The smallest absolute Gasteiger partial charge is 0.324 e. The van der Waals surface area contributed by atoms with Crippen molar-refractivity contribution in [3.8, 4) is 0 Å². The zero-order valence-corrected chi connectivity index (χ0v) is 13.6. The molecule has 0 bridgehead atoms. The number of hydrogen-bond donors (Lipinski definition) is 1. The molecular formula is C16H19N3O3S. The fourth-order valence-electron chi connectivity index (χ4n) is 3.99. The van der Waals surface area contributed by atoms with Crippen LogP contribution in [0, 0.1) is 0 Å². The summed E-state index contributed by atoms with van der Waals surface area (Å²) >= 11 is 1.65. The second kappa shape index (κ2) is 5.33. The number of likely N-dealkylation sites (tertiary alicyclic amines) is 1. The first-order chi connectivity index (χ1) is 11.1. The van der Waals surface area contributed by atoms with E-state index in [1.54, 1.807) is 11.3 Å². The molecule has 0 atom stereocenters. The van der Waals surface area contributed by atoms with Crippen molar-refractivity contribution in [1.29, 1.82) is 0 Å². The number of hydrogen-bond acceptors (Lipinski definition) is 4. The van der Waals surface area contributed by atoms with Crippen LogP contribution >= 0.6 is 11.3 Å². The summed E-state index contributed by atoms with van der Waals surface area (Å²) in [6.07, 6.45) is 3.95. The normalized spacial score (nSPS) is 24.0. The molecule has 0 spiro atoms. The number of nitrogens with zero attached hydrogens (tertiary/aromatic N) is 2. The van der Waals surface area contributed by atoms with Gasteiger partial charge in [0.15, 0.2) is 0 Å². The second-order valence-corrected chi connectivity index (χ2v) is 7.50. The summed E-state index contributed by atoms with van der Waals surface area (Å²) in [7, 11) is 0. The van der Waals surface area contributed by atoms with Gasteiger partial charge in [0.25, 0.3) is 0 Å². The molecule has 3 aliphatic rings. The van der Waals surface area contributed by atoms with E-state index in [-0.39, 0.29) is 35.8 Å². The summed E-state index contributed by atoms with van der Waals surface area (Å²) in [5.74, 6) is -0.0262. The number of nitrogens with one attached hydrogen (secondary N) is 1. The molecule has 6 nitrogen and oxygen atoms in total. The number of carbonyl (C=O) groups excluding carboxylic acids is 3. The van der Waals surface area contributed by atoms with Crippen molar-refractivity contribution in [2.45, 2.75) is 37.1 Å². The third-order valence-corrected chi connectivity index (χ3v) is 6.33. The van der Waals surface area contributed by atoms with Crippen molar-refractivity contribution in [3.63, 3.8) is 0 Å². The Balaban J connectivity index is 1.48. The van der Waals surface area contributed by atoms with E-state index in [4.69, 9.17) is 0 Å². The molecule has 3 heterocycles. The lowest BCUT2D eigenvalue weighted by Crippen LogP contribution is -2.65. The summed E-state index contributed by atoms with van der Waals surface area (Å²) in [6, 6.07) is 3.55. The van der Waals surface area contributed by atoms with Crippen LogP contribution < -0.4 is 5.32 Å². The number of thiophene rings is 1. The maximum absolute atomic E-state index is 13.1. The molecule has 4 amide bonds. The van der Waals surface area contributed by atoms with Gasteiger partial charge in [0.2, 0.25) is 11.8 Å². The molecule has 0 aromatic carbocycles. The Hall–Kier alpha value is -1.89. The van der Waals surface area contributed by atoms with E-state index < -0.39 is 0 Å². The Labute approximate surface area is 138 Å². The molecule has 1 aromatic rings. The number of imide groups is 1. The van der Waals surface area contributed by atoms with Crippen LogP contribution in [0.5, 0.6) is 0 Å². The molecule has 0 unspecified atom stereocenters. The molecule has 1 N–H and O–H groups in total. The van der Waals surface area contributed by atoms with Gasteiger partial charge in [-0.2, -0.15) is 0 Å². The molecule has 2 aliphatic heterocycles. The molecule has 4 rings (SSSR count). The molecule has 3 fully saturated rings. The zero-order valence-electron chi connectivity index (χ0n) is 12.8. The molecule has 7 heteroatoms. The van der Waals surface area contributed by atoms with Gasteiger partial charge in [-0.05, 0) is 24.3 Å². The zero-order chi connectivity index (χ0) is 16.0. The van der Waals surface area contributed by atoms with E-state index in [0.29, 0.717) is 13.1 Å². The van der Waals surface area contributed by atoms with E-state index in [1.165, 1.54) is 4.90 Å². The third kappa shape index (κ3) is 2.17. The summed E-state index contributed by atoms with van der Waals surface area (Å²) in [6.45, 7) is 0.999. The van der Waals surface area contributed by atoms with E-state index in [1.807, 2.05) is 16.3 Å². The largest absolute Gasteiger partial charge is 0.338 e. The van der Waals surface area contributed by atoms with Crippen molar-refractivity contribution in [2.24, 2.45) is 0 Å². The number of urea groups is 1. The fourth-order valence-corrected chi connectivity index (χ4v) is 4.96. The van der Waals surface area contributed by atoms with Gasteiger partial charge in [0.05, 0.1) is 18.0 Å². The van der Waals surface area contributed by atoms with Crippen LogP contribution in [0.3, 0.4) is 0 Å². The van der Waals surface area contributed by atoms with Crippen LogP contribution in [0.25, 0.3) is 0 Å². The van der Waals surface area contributed by atoms with Crippen LogP contribution in [0.1, 0.15) is 30.6 Å². The van der Waals surface area contributed by atoms with Crippen LogP contribution in [-0.4, -0.2) is 53.3 Å². The highest BCUT2D eigenvalue weighted by atomic mass is 32.1. The number of carbonyl (C=O) groups is 3. The summed E-state index contributed by atoms with van der Waals surface area (Å²) in [4.78, 5) is 40.8. The standard InChI is InChI=1S/C16H19N3O3S/c20-13-8-17-15(22)19(13)11-9-18(10-11)14(21)16(5-1-2-6-16)12-4-3-7-23-12/h3-4,7,11H,1-2,5-6,8-10H2,(H,17,22). The minimum atomic E-state index is -0.379. The molecule has 23 heavy (non-hydrogen) atoms. The minimum absolute atomic E-state index is 0.0718. The third-order valence-electron chi connectivity index (χ3n) is 5.25. The molecule has 2 saturated heterocycles. The maximum Gasteiger partial charge on any atom is 0.324 e. The van der Waals surface area contributed by atoms with Crippen LogP contribution in [0.4, 0.5) is 4.79 Å². The van der Waals surface area contributed by atoms with Crippen molar-refractivity contribution in [2.75, 3.05) is 19.6 Å². The molecular weight excluding hydrogens is 314 g/mol. The molecule has 1 aromatic heterocycles. The Kier molecular flexibility index (Phi) is 3.41. The summed E-state index contributed by atoms with van der Waals surface area (Å²) in [5, 5.41) is 4.56. The Morgan fingerprint density at radius 1 is 1.26 bits per heavy atom. The molecule has 1 aliphatic carbocycles. The first-order valence-corrected chi connectivity index (χ1v) is 8.93. The minimum Gasteiger partial charge on any atom is -0.338 e. The quantitative estimate of drug-likeness (QED) is 0.848. The highest BCUT2D eigenvalue weighted by Crippen LogP contribution is 2.45. The van der Waals surface area contributed by atoms with Gasteiger partial charge in [0, 0.05) is 18.0 Å². The topological polar surface area (TPSA) is 69.7 Å². The van der Waals surface area contributed by atoms with E-state index >= 15 is 0 Å². The average Bonchev–Trinajstić information content (AvgIpc) is 3.21. The average molecular weight is 333 g/mol. The van der Waals surface area contributed by atoms with Gasteiger partial charge in [-0.1, -0.05) is 18.9 Å². The van der Waals surface area contributed by atoms with Crippen LogP contribution in [0.2, 0.25) is 0 Å². The van der Waals surface area contributed by atoms with Crippen LogP contribution in [0.15, 0.2) is 17.5 Å². The molecule has 1 saturated carbocycles. The predicted octanol–water partition coefficient (Wildman–Crippen LogP) is 1.32. The Bertz CT molecular complexity index is 630. The first-order valence-electron chi connectivity index (χ1n) is 8.05. The van der Waals surface area contributed by atoms with Crippen LogP contribution in [-0.2, 0) is 15.0 Å². The van der Waals surface area contributed by atoms with Gasteiger partial charge >= 0.3 is 6.03 Å². The number of amides is 4. The van der Waals surface area contributed by atoms with Crippen molar-refractivity contribution < 1.29 is 14.4 Å². The number of rotatable bonds is 3. The van der Waals surface area contributed by atoms with E-state index in [2.05, 4.69) is 11.4 Å². The van der Waals surface area contributed by atoms with Gasteiger partial charge in [0.1, 0.15) is 0 Å². The Morgan fingerprint density at radius 3 is 2.57 bits per heavy atom. The van der Waals surface area contributed by atoms with Gasteiger partial charge in [-0.15, -0.1) is 11.3 Å². The first kappa shape index (κ1) is 14.7. The SMILES string of the molecule is O=C1CNC(=O)N1C1CN(C(=O)C2(c3cccs3)CCCC2)C1. The molecule has 122 valence electrons. The summed E-state index contributed by atoms with van der Waals surface area (Å²) < 4.78 is 0. The van der Waals surface area contributed by atoms with Crippen molar-refractivity contribution in [1.82, 2.24) is 15.1 Å². The van der Waals surface area contributed by atoms with Gasteiger partial charge in [-0.25, -0.2) is 4.79 Å². The molecule has 0 radical (unpaired) electrons. The summed E-state index contributed by atoms with van der Waals surface area (Å²) in [5.41, 5.74) is -0.379. The second-order valence-electron chi connectivity index (χ2n) is 6.55. The lowest BCUT2D eigenvalue weighted by Gasteiger charge is -2.46. The van der Waals surface area contributed by atoms with E-state index in [9.17, 15) is 14.4 Å². The van der Waals surface area contributed by atoms with Crippen molar-refractivity contribution in [3.05, 3.63) is 22.4 Å². The maximum atomic E-state index is 13.1.